The quantitative estimate of drug-likeness (QED) is 0.720. The molecular weight excluding hydrogens is 439 g/mol. The van der Waals surface area contributed by atoms with Crippen LogP contribution in [0.3, 0.4) is 0 Å². The first-order valence-electron chi connectivity index (χ1n) is 10.8. The first-order chi connectivity index (χ1) is 15.8. The molecule has 1 aromatic carbocycles. The van der Waals surface area contributed by atoms with Gasteiger partial charge < -0.3 is 14.5 Å². The van der Waals surface area contributed by atoms with Gasteiger partial charge in [0.1, 0.15) is 17.8 Å². The zero-order chi connectivity index (χ0) is 23.3. The largest absolute Gasteiger partial charge is 0.420 e. The number of amides is 1. The van der Waals surface area contributed by atoms with Gasteiger partial charge in [-0.3, -0.25) is 4.79 Å². The van der Waals surface area contributed by atoms with Gasteiger partial charge in [-0.25, -0.2) is 10.4 Å². The zero-order valence-corrected chi connectivity index (χ0v) is 18.1. The maximum absolute atomic E-state index is 13.9. The summed E-state index contributed by atoms with van der Waals surface area (Å²) >= 11 is 0. The van der Waals surface area contributed by atoms with Crippen LogP contribution in [-0.2, 0) is 9.53 Å². The molecule has 2 aliphatic heterocycles. The van der Waals surface area contributed by atoms with Gasteiger partial charge in [0.2, 0.25) is 5.89 Å². The van der Waals surface area contributed by atoms with E-state index in [-0.39, 0.29) is 23.5 Å². The molecule has 2 N–H and O–H groups in total. The van der Waals surface area contributed by atoms with E-state index < -0.39 is 30.2 Å². The second-order valence-electron chi connectivity index (χ2n) is 8.61. The number of alkyl halides is 3. The Balaban J connectivity index is 1.48. The van der Waals surface area contributed by atoms with Crippen LogP contribution >= 0.6 is 0 Å². The van der Waals surface area contributed by atoms with Crippen molar-refractivity contribution in [3.05, 3.63) is 53.4 Å². The maximum atomic E-state index is 13.9. The molecule has 176 valence electrons. The van der Waals surface area contributed by atoms with Crippen LogP contribution in [0.1, 0.15) is 55.4 Å². The predicted octanol–water partition coefficient (Wildman–Crippen LogP) is 3.07. The summed E-state index contributed by atoms with van der Waals surface area (Å²) in [6.45, 7) is 1.63. The second-order valence-corrected chi connectivity index (χ2v) is 8.61. The number of carbonyl (C=O) groups is 1. The number of halogens is 3. The molecule has 8 nitrogen and oxygen atoms in total. The fourth-order valence-corrected chi connectivity index (χ4v) is 5.12. The average Bonchev–Trinajstić information content (AvgIpc) is 3.51. The molecule has 0 spiro atoms. The lowest BCUT2D eigenvalue weighted by Crippen LogP contribution is -2.54. The number of hydrogen-bond acceptors (Lipinski definition) is 7. The van der Waals surface area contributed by atoms with Crippen LogP contribution in [0, 0.1) is 0 Å². The molecule has 2 fully saturated rings. The normalized spacial score (nSPS) is 30.0. The lowest BCUT2D eigenvalue weighted by molar-refractivity contribution is -0.161. The molecule has 1 aliphatic carbocycles. The number of aromatic nitrogens is 2. The topological polar surface area (TPSA) is 92.5 Å². The second kappa shape index (κ2) is 8.14. The number of benzene rings is 1. The van der Waals surface area contributed by atoms with Crippen LogP contribution in [-0.4, -0.2) is 52.7 Å². The van der Waals surface area contributed by atoms with Gasteiger partial charge in [-0.15, -0.1) is 10.2 Å². The minimum atomic E-state index is -4.57. The molecular formula is C22H24F3N5O3. The van der Waals surface area contributed by atoms with Crippen LogP contribution in [0.5, 0.6) is 0 Å². The molecule has 1 aromatic heterocycles. The van der Waals surface area contributed by atoms with Crippen LogP contribution in [0.4, 0.5) is 13.2 Å². The fraction of sp³-hybridized carbons (Fsp3) is 0.500. The van der Waals surface area contributed by atoms with Crippen molar-refractivity contribution >= 4 is 11.5 Å². The van der Waals surface area contributed by atoms with E-state index in [9.17, 15) is 18.0 Å². The van der Waals surface area contributed by atoms with Gasteiger partial charge >= 0.3 is 6.18 Å². The Morgan fingerprint density at radius 3 is 2.64 bits per heavy atom. The van der Waals surface area contributed by atoms with E-state index in [1.807, 2.05) is 0 Å². The molecule has 5 atom stereocenters. The Kier molecular flexibility index (Phi) is 5.40. The number of nitrogens with zero attached hydrogens (tertiary/aromatic N) is 3. The summed E-state index contributed by atoms with van der Waals surface area (Å²) in [5.41, 5.74) is 3.30. The summed E-state index contributed by atoms with van der Waals surface area (Å²) in [6.07, 6.45) is -2.87. The average molecular weight is 463 g/mol. The van der Waals surface area contributed by atoms with E-state index in [2.05, 4.69) is 20.9 Å². The predicted molar refractivity (Wildman–Crippen MR) is 110 cm³/mol. The van der Waals surface area contributed by atoms with E-state index in [1.165, 1.54) is 0 Å². The SMILES string of the molecule is CO[C@H]1CCCC1c1nnc(C2=C(C)NC3C(c4ccccc4)C(C(F)(F)F)NN3C2=O)o1. The van der Waals surface area contributed by atoms with Gasteiger partial charge in [0.05, 0.1) is 17.9 Å². The highest BCUT2D eigenvalue weighted by Gasteiger charge is 2.58. The standard InChI is InChI=1S/C22H24F3N5O3/c1-11-15(20-28-27-19(33-20)13-9-6-10-14(13)32-2)21(31)30-18(26-11)16(12-7-4-3-5-8-12)17(29-30)22(23,24)25/h3-5,7-8,13-14,16-18,26,29H,6,9-10H2,1-2H3/t13?,14-,16?,17?,18?/m0/s1. The number of allylic oxidation sites excluding steroid dienone is 1. The number of hydrazine groups is 1. The molecule has 3 heterocycles. The third-order valence-corrected chi connectivity index (χ3v) is 6.69. The number of ether oxygens (including phenoxy) is 1. The van der Waals surface area contributed by atoms with Crippen molar-refractivity contribution in [3.8, 4) is 0 Å². The third kappa shape index (κ3) is 3.68. The summed E-state index contributed by atoms with van der Waals surface area (Å²) in [7, 11) is 1.63. The molecule has 11 heteroatoms. The molecule has 4 unspecified atom stereocenters. The lowest BCUT2D eigenvalue weighted by Gasteiger charge is -2.34. The van der Waals surface area contributed by atoms with Crippen LogP contribution in [0.2, 0.25) is 0 Å². The molecule has 3 aliphatic rings. The van der Waals surface area contributed by atoms with E-state index in [0.717, 1.165) is 24.3 Å². The first-order valence-corrected chi connectivity index (χ1v) is 10.8. The fourth-order valence-electron chi connectivity index (χ4n) is 5.12. The first kappa shape index (κ1) is 21.9. The maximum Gasteiger partial charge on any atom is 0.406 e. The molecule has 0 radical (unpaired) electrons. The number of hydrogen-bond donors (Lipinski definition) is 2. The molecule has 5 rings (SSSR count). The lowest BCUT2D eigenvalue weighted by atomic mass is 9.89. The Hall–Kier alpha value is -2.92. The number of nitrogens with one attached hydrogen (secondary N) is 2. The Bertz CT molecular complexity index is 1070. The summed E-state index contributed by atoms with van der Waals surface area (Å²) in [5.74, 6) is -1.40. The molecule has 1 saturated carbocycles. The van der Waals surface area contributed by atoms with Crippen molar-refractivity contribution in [1.29, 1.82) is 0 Å². The van der Waals surface area contributed by atoms with Crippen molar-refractivity contribution in [2.75, 3.05) is 7.11 Å². The van der Waals surface area contributed by atoms with Gasteiger partial charge in [-0.05, 0) is 31.7 Å². The van der Waals surface area contributed by atoms with E-state index >= 15 is 0 Å². The van der Waals surface area contributed by atoms with Gasteiger partial charge in [0.15, 0.2) is 0 Å². The summed E-state index contributed by atoms with van der Waals surface area (Å²) in [5, 5.41) is 12.2. The molecule has 1 saturated heterocycles. The number of rotatable bonds is 4. The summed E-state index contributed by atoms with van der Waals surface area (Å²) in [6, 6.07) is 6.43. The van der Waals surface area contributed by atoms with Crippen LogP contribution in [0.25, 0.3) is 5.57 Å². The van der Waals surface area contributed by atoms with Crippen molar-refractivity contribution in [1.82, 2.24) is 25.9 Å². The summed E-state index contributed by atoms with van der Waals surface area (Å²) in [4.78, 5) is 13.4. The van der Waals surface area contributed by atoms with Crippen LogP contribution < -0.4 is 10.7 Å². The molecule has 1 amide bonds. The van der Waals surface area contributed by atoms with Crippen LogP contribution in [0.15, 0.2) is 40.4 Å². The van der Waals surface area contributed by atoms with Crippen molar-refractivity contribution in [3.63, 3.8) is 0 Å². The highest BCUT2D eigenvalue weighted by atomic mass is 19.4. The molecule has 33 heavy (non-hydrogen) atoms. The van der Waals surface area contributed by atoms with E-state index in [0.29, 0.717) is 17.2 Å². The Labute approximate surface area is 188 Å². The minimum Gasteiger partial charge on any atom is -0.420 e. The van der Waals surface area contributed by atoms with Gasteiger partial charge in [0.25, 0.3) is 11.8 Å². The highest BCUT2D eigenvalue weighted by Crippen LogP contribution is 2.43. The molecule has 2 aromatic rings. The highest BCUT2D eigenvalue weighted by molar-refractivity contribution is 6.19. The third-order valence-electron chi connectivity index (χ3n) is 6.69. The number of carbonyl (C=O) groups excluding carboxylic acids is 1. The zero-order valence-electron chi connectivity index (χ0n) is 18.1. The summed E-state index contributed by atoms with van der Waals surface area (Å²) < 4.78 is 53.1. The number of methoxy groups -OCH3 is 1. The monoisotopic (exact) mass is 463 g/mol. The van der Waals surface area contributed by atoms with Gasteiger partial charge in [0, 0.05) is 12.8 Å². The van der Waals surface area contributed by atoms with Gasteiger partial charge in [-0.2, -0.15) is 13.2 Å². The smallest absolute Gasteiger partial charge is 0.406 e. The molecule has 0 bridgehead atoms. The van der Waals surface area contributed by atoms with Crippen molar-refractivity contribution in [2.45, 2.75) is 62.5 Å². The van der Waals surface area contributed by atoms with E-state index in [4.69, 9.17) is 9.15 Å². The number of fused-ring (bicyclic) bond motifs is 1. The minimum absolute atomic E-state index is 0.0197. The Morgan fingerprint density at radius 2 is 1.94 bits per heavy atom. The van der Waals surface area contributed by atoms with Crippen molar-refractivity contribution < 1.29 is 27.1 Å². The Morgan fingerprint density at radius 1 is 1.18 bits per heavy atom. The van der Waals surface area contributed by atoms with Crippen molar-refractivity contribution in [2.24, 2.45) is 0 Å². The van der Waals surface area contributed by atoms with E-state index in [1.54, 1.807) is 44.4 Å². The van der Waals surface area contributed by atoms with Gasteiger partial charge in [-0.1, -0.05) is 30.3 Å².